The lowest BCUT2D eigenvalue weighted by molar-refractivity contribution is -0.119. The molecule has 1 atom stereocenters. The van der Waals surface area contributed by atoms with Gasteiger partial charge in [-0.05, 0) is 0 Å². The topological polar surface area (TPSA) is 68.0 Å². The number of carbonyl (C=O) groups is 1. The van der Waals surface area contributed by atoms with Crippen molar-refractivity contribution in [3.63, 3.8) is 0 Å². The third-order valence-electron chi connectivity index (χ3n) is 1.64. The molecule has 0 fully saturated rings. The molecule has 0 saturated carbocycles. The minimum absolute atomic E-state index is 0.0490. The monoisotopic (exact) mass is 183 g/mol. The Morgan fingerprint density at radius 2 is 2.38 bits per heavy atom. The second-order valence-electron chi connectivity index (χ2n) is 3.01. The van der Waals surface area contributed by atoms with Crippen molar-refractivity contribution in [1.82, 2.24) is 15.5 Å². The fourth-order valence-electron chi connectivity index (χ4n) is 0.903. The number of aromatic nitrogens is 2. The van der Waals surface area contributed by atoms with Crippen molar-refractivity contribution >= 4 is 5.91 Å². The van der Waals surface area contributed by atoms with Crippen molar-refractivity contribution in [3.8, 4) is 0 Å². The van der Waals surface area contributed by atoms with Gasteiger partial charge in [-0.2, -0.15) is 4.98 Å². The molecule has 1 aromatic rings. The molecule has 0 aliphatic rings. The van der Waals surface area contributed by atoms with Crippen molar-refractivity contribution in [1.29, 1.82) is 0 Å². The van der Waals surface area contributed by atoms with E-state index >= 15 is 0 Å². The maximum Gasteiger partial charge on any atom is 0.223 e. The predicted molar refractivity (Wildman–Crippen MR) is 46.1 cm³/mol. The molecule has 5 nitrogen and oxygen atoms in total. The quantitative estimate of drug-likeness (QED) is 0.745. The summed E-state index contributed by atoms with van der Waals surface area (Å²) in [6.07, 6.45) is 0. The normalized spacial score (nSPS) is 12.5. The van der Waals surface area contributed by atoms with Crippen LogP contribution in [0.2, 0.25) is 0 Å². The summed E-state index contributed by atoms with van der Waals surface area (Å²) >= 11 is 0. The summed E-state index contributed by atoms with van der Waals surface area (Å²) in [6.45, 7) is 5.68. The molecular formula is C8H13N3O2. The molecule has 0 spiro atoms. The molecule has 0 aromatic carbocycles. The first-order valence-electron chi connectivity index (χ1n) is 4.14. The number of nitrogens with one attached hydrogen (secondary N) is 1. The molecule has 0 bridgehead atoms. The molecule has 1 unspecified atom stereocenters. The average molecular weight is 183 g/mol. The Bertz CT molecular complexity index is 295. The summed E-state index contributed by atoms with van der Waals surface area (Å²) in [7, 11) is 0. The molecule has 0 saturated heterocycles. The minimum atomic E-state index is -0.0490. The van der Waals surface area contributed by atoms with Gasteiger partial charge in [-0.3, -0.25) is 4.79 Å². The SMILES string of the molecule is CC(=O)NCC(C)c1noc(C)n1. The van der Waals surface area contributed by atoms with Crippen LogP contribution in [0.3, 0.4) is 0 Å². The van der Waals surface area contributed by atoms with Crippen LogP contribution in [0.25, 0.3) is 0 Å². The summed E-state index contributed by atoms with van der Waals surface area (Å²) in [5, 5.41) is 6.45. The Kier molecular flexibility index (Phi) is 3.00. The van der Waals surface area contributed by atoms with Gasteiger partial charge in [-0.25, -0.2) is 0 Å². The van der Waals surface area contributed by atoms with Gasteiger partial charge in [0.25, 0.3) is 0 Å². The summed E-state index contributed by atoms with van der Waals surface area (Å²) in [4.78, 5) is 14.7. The second kappa shape index (κ2) is 4.02. The Hall–Kier alpha value is -1.39. The fraction of sp³-hybridized carbons (Fsp3) is 0.625. The Labute approximate surface area is 76.5 Å². The van der Waals surface area contributed by atoms with Crippen LogP contribution in [0.5, 0.6) is 0 Å². The Morgan fingerprint density at radius 1 is 1.69 bits per heavy atom. The zero-order chi connectivity index (χ0) is 9.84. The molecular weight excluding hydrogens is 170 g/mol. The summed E-state index contributed by atoms with van der Waals surface area (Å²) in [6, 6.07) is 0. The lowest BCUT2D eigenvalue weighted by Crippen LogP contribution is -2.25. The largest absolute Gasteiger partial charge is 0.356 e. The Morgan fingerprint density at radius 3 is 2.85 bits per heavy atom. The molecule has 1 amide bonds. The van der Waals surface area contributed by atoms with Crippen LogP contribution in [-0.4, -0.2) is 22.6 Å². The van der Waals surface area contributed by atoms with Crippen LogP contribution in [-0.2, 0) is 4.79 Å². The average Bonchev–Trinajstić information content (AvgIpc) is 2.47. The fourth-order valence-corrected chi connectivity index (χ4v) is 0.903. The van der Waals surface area contributed by atoms with E-state index in [9.17, 15) is 4.79 Å². The van der Waals surface area contributed by atoms with Crippen LogP contribution in [0, 0.1) is 6.92 Å². The van der Waals surface area contributed by atoms with E-state index < -0.39 is 0 Å². The molecule has 72 valence electrons. The third-order valence-corrected chi connectivity index (χ3v) is 1.64. The molecule has 13 heavy (non-hydrogen) atoms. The van der Waals surface area contributed by atoms with E-state index in [1.807, 2.05) is 6.92 Å². The van der Waals surface area contributed by atoms with E-state index in [2.05, 4.69) is 15.5 Å². The number of aryl methyl sites for hydroxylation is 1. The van der Waals surface area contributed by atoms with Gasteiger partial charge >= 0.3 is 0 Å². The van der Waals surface area contributed by atoms with Gasteiger partial charge in [0, 0.05) is 26.3 Å². The first-order chi connectivity index (χ1) is 6.09. The molecule has 1 aromatic heterocycles. The molecule has 5 heteroatoms. The number of nitrogens with zero attached hydrogens (tertiary/aromatic N) is 2. The number of hydrogen-bond donors (Lipinski definition) is 1. The van der Waals surface area contributed by atoms with E-state index in [0.717, 1.165) is 0 Å². The molecule has 1 heterocycles. The van der Waals surface area contributed by atoms with Gasteiger partial charge in [0.1, 0.15) is 0 Å². The number of hydrogen-bond acceptors (Lipinski definition) is 4. The molecule has 1 rings (SSSR count). The van der Waals surface area contributed by atoms with E-state index in [4.69, 9.17) is 4.52 Å². The lowest BCUT2D eigenvalue weighted by atomic mass is 10.2. The number of rotatable bonds is 3. The summed E-state index contributed by atoms with van der Waals surface area (Å²) < 4.78 is 4.82. The van der Waals surface area contributed by atoms with Gasteiger partial charge in [-0.1, -0.05) is 12.1 Å². The first kappa shape index (κ1) is 9.70. The standard InChI is InChI=1S/C8H13N3O2/c1-5(4-9-6(2)12)8-10-7(3)13-11-8/h5H,4H2,1-3H3,(H,9,12). The zero-order valence-corrected chi connectivity index (χ0v) is 8.00. The highest BCUT2D eigenvalue weighted by Gasteiger charge is 2.11. The smallest absolute Gasteiger partial charge is 0.223 e. The molecule has 0 aliphatic carbocycles. The molecule has 1 N–H and O–H groups in total. The van der Waals surface area contributed by atoms with Crippen molar-refractivity contribution in [2.45, 2.75) is 26.7 Å². The van der Waals surface area contributed by atoms with Crippen molar-refractivity contribution in [3.05, 3.63) is 11.7 Å². The van der Waals surface area contributed by atoms with E-state index in [0.29, 0.717) is 18.3 Å². The third kappa shape index (κ3) is 2.85. The number of amides is 1. The maximum atomic E-state index is 10.6. The van der Waals surface area contributed by atoms with Gasteiger partial charge in [0.15, 0.2) is 5.82 Å². The summed E-state index contributed by atoms with van der Waals surface area (Å²) in [5.41, 5.74) is 0. The summed E-state index contributed by atoms with van der Waals surface area (Å²) in [5.74, 6) is 1.21. The van der Waals surface area contributed by atoms with Crippen molar-refractivity contribution in [2.24, 2.45) is 0 Å². The first-order valence-corrected chi connectivity index (χ1v) is 4.14. The van der Waals surface area contributed by atoms with Crippen LogP contribution >= 0.6 is 0 Å². The zero-order valence-electron chi connectivity index (χ0n) is 8.00. The molecule has 0 aliphatic heterocycles. The van der Waals surface area contributed by atoms with Gasteiger partial charge in [-0.15, -0.1) is 0 Å². The highest BCUT2D eigenvalue weighted by atomic mass is 16.5. The minimum Gasteiger partial charge on any atom is -0.356 e. The van der Waals surface area contributed by atoms with Crippen LogP contribution in [0.4, 0.5) is 0 Å². The highest BCUT2D eigenvalue weighted by molar-refractivity contribution is 5.72. The van der Waals surface area contributed by atoms with Crippen LogP contribution in [0.1, 0.15) is 31.5 Å². The van der Waals surface area contributed by atoms with Crippen molar-refractivity contribution in [2.75, 3.05) is 6.54 Å². The predicted octanol–water partition coefficient (Wildman–Crippen LogP) is 0.618. The molecule has 0 radical (unpaired) electrons. The number of carbonyl (C=O) groups excluding carboxylic acids is 1. The lowest BCUT2D eigenvalue weighted by Gasteiger charge is -2.05. The highest BCUT2D eigenvalue weighted by Crippen LogP contribution is 2.09. The van der Waals surface area contributed by atoms with Gasteiger partial charge in [0.2, 0.25) is 11.8 Å². The van der Waals surface area contributed by atoms with E-state index in [1.54, 1.807) is 6.92 Å². The van der Waals surface area contributed by atoms with Gasteiger partial charge < -0.3 is 9.84 Å². The Balaban J connectivity index is 2.48. The van der Waals surface area contributed by atoms with Gasteiger partial charge in [0.05, 0.1) is 0 Å². The van der Waals surface area contributed by atoms with E-state index in [1.165, 1.54) is 6.92 Å². The second-order valence-corrected chi connectivity index (χ2v) is 3.01. The van der Waals surface area contributed by atoms with Crippen molar-refractivity contribution < 1.29 is 9.32 Å². The van der Waals surface area contributed by atoms with Crippen LogP contribution in [0.15, 0.2) is 4.52 Å². The maximum absolute atomic E-state index is 10.6. The van der Waals surface area contributed by atoms with Crippen LogP contribution < -0.4 is 5.32 Å². The van der Waals surface area contributed by atoms with E-state index in [-0.39, 0.29) is 11.8 Å².